The van der Waals surface area contributed by atoms with Crippen molar-refractivity contribution in [1.29, 1.82) is 0 Å². The molecule has 0 saturated heterocycles. The number of hydrogen-bond donors (Lipinski definition) is 2. The number of aromatic nitrogens is 2. The van der Waals surface area contributed by atoms with Gasteiger partial charge in [0.2, 0.25) is 0 Å². The third kappa shape index (κ3) is 3.22. The summed E-state index contributed by atoms with van der Waals surface area (Å²) in [5, 5.41) is 6.71. The van der Waals surface area contributed by atoms with Crippen molar-refractivity contribution >= 4 is 0 Å². The summed E-state index contributed by atoms with van der Waals surface area (Å²) in [6, 6.07) is 19.0. The lowest BCUT2D eigenvalue weighted by atomic mass is 9.99. The Labute approximate surface area is 135 Å². The van der Waals surface area contributed by atoms with Crippen LogP contribution in [0.1, 0.15) is 29.7 Å². The highest BCUT2D eigenvalue weighted by Gasteiger charge is 2.14. The Balaban J connectivity index is 2.00. The highest BCUT2D eigenvalue weighted by atomic mass is 16.1. The molecule has 0 aliphatic heterocycles. The SMILES string of the molecule is CCc1ccc(-c2cc(C(N)c3ccccc3)c(=O)[nH]n2)cc1. The topological polar surface area (TPSA) is 71.8 Å². The normalized spacial score (nSPS) is 12.1. The second kappa shape index (κ2) is 6.58. The quantitative estimate of drug-likeness (QED) is 0.778. The maximum Gasteiger partial charge on any atom is 0.269 e. The lowest BCUT2D eigenvalue weighted by molar-refractivity contribution is 0.827. The molecule has 0 aliphatic rings. The molecule has 0 spiro atoms. The van der Waals surface area contributed by atoms with Crippen molar-refractivity contribution in [2.24, 2.45) is 5.73 Å². The molecular formula is C19H19N3O. The Morgan fingerprint density at radius 2 is 1.78 bits per heavy atom. The number of aromatic amines is 1. The summed E-state index contributed by atoms with van der Waals surface area (Å²) < 4.78 is 0. The molecule has 116 valence electrons. The Morgan fingerprint density at radius 3 is 2.43 bits per heavy atom. The van der Waals surface area contributed by atoms with Crippen LogP contribution in [0.4, 0.5) is 0 Å². The molecule has 1 unspecified atom stereocenters. The maximum absolute atomic E-state index is 12.1. The van der Waals surface area contributed by atoms with E-state index in [1.54, 1.807) is 6.07 Å². The van der Waals surface area contributed by atoms with Crippen LogP contribution >= 0.6 is 0 Å². The number of nitrogens with two attached hydrogens (primary N) is 1. The number of H-pyrrole nitrogens is 1. The Hall–Kier alpha value is -2.72. The van der Waals surface area contributed by atoms with Crippen LogP contribution in [0.5, 0.6) is 0 Å². The number of benzene rings is 2. The second-order valence-corrected chi connectivity index (χ2v) is 5.48. The number of nitrogens with zero attached hydrogens (tertiary/aromatic N) is 1. The fraction of sp³-hybridized carbons (Fsp3) is 0.158. The van der Waals surface area contributed by atoms with Gasteiger partial charge in [0, 0.05) is 11.1 Å². The average Bonchev–Trinajstić information content (AvgIpc) is 2.62. The number of rotatable bonds is 4. The molecule has 3 rings (SSSR count). The van der Waals surface area contributed by atoms with Crippen molar-refractivity contribution in [3.63, 3.8) is 0 Å². The molecule has 0 saturated carbocycles. The van der Waals surface area contributed by atoms with Gasteiger partial charge >= 0.3 is 0 Å². The van der Waals surface area contributed by atoms with Gasteiger partial charge in [-0.3, -0.25) is 4.79 Å². The molecule has 3 aromatic rings. The van der Waals surface area contributed by atoms with E-state index in [9.17, 15) is 4.79 Å². The van der Waals surface area contributed by atoms with Crippen LogP contribution in [0.2, 0.25) is 0 Å². The van der Waals surface area contributed by atoms with Crippen LogP contribution in [-0.2, 0) is 6.42 Å². The lowest BCUT2D eigenvalue weighted by Crippen LogP contribution is -2.23. The summed E-state index contributed by atoms with van der Waals surface area (Å²) >= 11 is 0. The van der Waals surface area contributed by atoms with Gasteiger partial charge in [-0.2, -0.15) is 5.10 Å². The molecule has 0 fully saturated rings. The zero-order valence-electron chi connectivity index (χ0n) is 13.0. The first kappa shape index (κ1) is 15.2. The zero-order valence-corrected chi connectivity index (χ0v) is 13.0. The van der Waals surface area contributed by atoms with E-state index in [2.05, 4.69) is 29.3 Å². The van der Waals surface area contributed by atoms with Gasteiger partial charge in [0.1, 0.15) is 0 Å². The van der Waals surface area contributed by atoms with E-state index in [-0.39, 0.29) is 5.56 Å². The summed E-state index contributed by atoms with van der Waals surface area (Å²) in [5.41, 5.74) is 10.4. The van der Waals surface area contributed by atoms with Crippen LogP contribution < -0.4 is 11.3 Å². The molecule has 0 bridgehead atoms. The molecule has 1 aromatic heterocycles. The highest BCUT2D eigenvalue weighted by molar-refractivity contribution is 5.60. The van der Waals surface area contributed by atoms with Gasteiger partial charge in [0.25, 0.3) is 5.56 Å². The molecule has 2 aromatic carbocycles. The van der Waals surface area contributed by atoms with Gasteiger partial charge in [-0.15, -0.1) is 0 Å². The second-order valence-electron chi connectivity index (χ2n) is 5.48. The van der Waals surface area contributed by atoms with E-state index in [0.717, 1.165) is 17.5 Å². The minimum atomic E-state index is -0.475. The predicted octanol–water partition coefficient (Wildman–Crippen LogP) is 3.05. The van der Waals surface area contributed by atoms with Crippen molar-refractivity contribution < 1.29 is 0 Å². The minimum absolute atomic E-state index is 0.254. The fourth-order valence-corrected chi connectivity index (χ4v) is 2.55. The monoisotopic (exact) mass is 305 g/mol. The standard InChI is InChI=1S/C19H19N3O/c1-2-13-8-10-14(11-9-13)17-12-16(19(23)22-21-17)18(20)15-6-4-3-5-7-15/h3-12,18H,2,20H2,1H3,(H,22,23). The van der Waals surface area contributed by atoms with Crippen molar-refractivity contribution in [3.8, 4) is 11.3 Å². The summed E-state index contributed by atoms with van der Waals surface area (Å²) in [7, 11) is 0. The predicted molar refractivity (Wildman–Crippen MR) is 92.1 cm³/mol. The molecule has 23 heavy (non-hydrogen) atoms. The molecule has 0 amide bonds. The minimum Gasteiger partial charge on any atom is -0.320 e. The largest absolute Gasteiger partial charge is 0.320 e. The van der Waals surface area contributed by atoms with Gasteiger partial charge < -0.3 is 5.73 Å². The van der Waals surface area contributed by atoms with E-state index < -0.39 is 6.04 Å². The average molecular weight is 305 g/mol. The van der Waals surface area contributed by atoms with Gasteiger partial charge in [-0.25, -0.2) is 5.10 Å². The summed E-state index contributed by atoms with van der Waals surface area (Å²) in [5.74, 6) is 0. The van der Waals surface area contributed by atoms with Gasteiger partial charge in [-0.1, -0.05) is 61.5 Å². The van der Waals surface area contributed by atoms with E-state index in [4.69, 9.17) is 5.73 Å². The van der Waals surface area contributed by atoms with Gasteiger partial charge in [0.05, 0.1) is 11.7 Å². The molecule has 4 nitrogen and oxygen atoms in total. The molecular weight excluding hydrogens is 286 g/mol. The summed E-state index contributed by atoms with van der Waals surface area (Å²) in [4.78, 5) is 12.1. The van der Waals surface area contributed by atoms with E-state index in [0.29, 0.717) is 11.3 Å². The van der Waals surface area contributed by atoms with Gasteiger partial charge in [0.15, 0.2) is 0 Å². The van der Waals surface area contributed by atoms with E-state index in [1.165, 1.54) is 5.56 Å². The molecule has 0 radical (unpaired) electrons. The first-order valence-corrected chi connectivity index (χ1v) is 7.68. The van der Waals surface area contributed by atoms with Crippen LogP contribution in [-0.4, -0.2) is 10.2 Å². The number of aryl methyl sites for hydroxylation is 1. The smallest absolute Gasteiger partial charge is 0.269 e. The Morgan fingerprint density at radius 1 is 1.09 bits per heavy atom. The third-order valence-corrected chi connectivity index (χ3v) is 3.98. The summed E-state index contributed by atoms with van der Waals surface area (Å²) in [6.07, 6.45) is 0.990. The Bertz CT molecular complexity index is 838. The first-order valence-electron chi connectivity index (χ1n) is 7.68. The van der Waals surface area contributed by atoms with Crippen molar-refractivity contribution in [2.75, 3.05) is 0 Å². The zero-order chi connectivity index (χ0) is 16.2. The van der Waals surface area contributed by atoms with Crippen LogP contribution in [0.25, 0.3) is 11.3 Å². The lowest BCUT2D eigenvalue weighted by Gasteiger charge is -2.12. The van der Waals surface area contributed by atoms with Crippen LogP contribution in [0.3, 0.4) is 0 Å². The third-order valence-electron chi connectivity index (χ3n) is 3.98. The summed E-state index contributed by atoms with van der Waals surface area (Å²) in [6.45, 7) is 2.12. The number of hydrogen-bond acceptors (Lipinski definition) is 3. The Kier molecular flexibility index (Phi) is 4.35. The van der Waals surface area contributed by atoms with E-state index in [1.807, 2.05) is 42.5 Å². The van der Waals surface area contributed by atoms with Crippen molar-refractivity contribution in [2.45, 2.75) is 19.4 Å². The maximum atomic E-state index is 12.1. The first-order chi connectivity index (χ1) is 11.2. The molecule has 4 heteroatoms. The molecule has 0 aliphatic carbocycles. The van der Waals surface area contributed by atoms with Crippen molar-refractivity contribution in [3.05, 3.63) is 87.7 Å². The fourth-order valence-electron chi connectivity index (χ4n) is 2.55. The van der Waals surface area contributed by atoms with E-state index >= 15 is 0 Å². The molecule has 1 heterocycles. The van der Waals surface area contributed by atoms with Gasteiger partial charge in [-0.05, 0) is 23.6 Å². The van der Waals surface area contributed by atoms with Crippen LogP contribution in [0, 0.1) is 0 Å². The number of nitrogens with one attached hydrogen (secondary N) is 1. The van der Waals surface area contributed by atoms with Crippen molar-refractivity contribution in [1.82, 2.24) is 10.2 Å². The molecule has 3 N–H and O–H groups in total. The van der Waals surface area contributed by atoms with Crippen LogP contribution in [0.15, 0.2) is 65.5 Å². The molecule has 1 atom stereocenters. The highest BCUT2D eigenvalue weighted by Crippen LogP contribution is 2.21.